The Morgan fingerprint density at radius 3 is 2.76 bits per heavy atom. The maximum Gasteiger partial charge on any atom is 0.245 e. The van der Waals surface area contributed by atoms with E-state index in [1.807, 2.05) is 13.0 Å². The van der Waals surface area contributed by atoms with Crippen LogP contribution in [0.5, 0.6) is 0 Å². The zero-order valence-corrected chi connectivity index (χ0v) is 14.2. The number of pyridine rings is 1. The molecule has 6 heteroatoms. The minimum atomic E-state index is -0.327. The summed E-state index contributed by atoms with van der Waals surface area (Å²) in [5.41, 5.74) is 1.68. The molecule has 0 fully saturated rings. The number of anilines is 1. The summed E-state index contributed by atoms with van der Waals surface area (Å²) in [6.45, 7) is 1.84. The SMILES string of the molecule is Cc1ccc(NC(=O)CN(C)C(=O)C/C=C/c2cccc(F)c2)nc1. The van der Waals surface area contributed by atoms with Crippen LogP contribution in [0, 0.1) is 12.7 Å². The van der Waals surface area contributed by atoms with E-state index >= 15 is 0 Å². The number of benzene rings is 1. The predicted molar refractivity (Wildman–Crippen MR) is 95.3 cm³/mol. The summed E-state index contributed by atoms with van der Waals surface area (Å²) in [6, 6.07) is 9.64. The van der Waals surface area contributed by atoms with Gasteiger partial charge in [0.1, 0.15) is 11.6 Å². The van der Waals surface area contributed by atoms with Gasteiger partial charge in [0.25, 0.3) is 0 Å². The molecule has 0 aliphatic rings. The van der Waals surface area contributed by atoms with Crippen molar-refractivity contribution < 1.29 is 14.0 Å². The summed E-state index contributed by atoms with van der Waals surface area (Å²) in [4.78, 5) is 29.4. The van der Waals surface area contributed by atoms with Crippen molar-refractivity contribution in [3.05, 3.63) is 65.6 Å². The molecule has 0 aliphatic heterocycles. The fourth-order valence-corrected chi connectivity index (χ4v) is 2.09. The maximum absolute atomic E-state index is 13.1. The second-order valence-electron chi connectivity index (χ2n) is 5.68. The van der Waals surface area contributed by atoms with Crippen LogP contribution in [0.3, 0.4) is 0 Å². The number of hydrogen-bond acceptors (Lipinski definition) is 3. The number of carbonyl (C=O) groups excluding carboxylic acids is 2. The monoisotopic (exact) mass is 341 g/mol. The van der Waals surface area contributed by atoms with Crippen molar-refractivity contribution in [1.82, 2.24) is 9.88 Å². The summed E-state index contributed by atoms with van der Waals surface area (Å²) in [7, 11) is 1.56. The van der Waals surface area contributed by atoms with Crippen LogP contribution < -0.4 is 5.32 Å². The first-order chi connectivity index (χ1) is 11.9. The van der Waals surface area contributed by atoms with Crippen molar-refractivity contribution in [1.29, 1.82) is 0 Å². The first-order valence-electron chi connectivity index (χ1n) is 7.82. The van der Waals surface area contributed by atoms with E-state index in [-0.39, 0.29) is 30.6 Å². The van der Waals surface area contributed by atoms with E-state index in [0.29, 0.717) is 11.4 Å². The van der Waals surface area contributed by atoms with Crippen LogP contribution in [0.4, 0.5) is 10.2 Å². The minimum absolute atomic E-state index is 0.0673. The number of aryl methyl sites for hydroxylation is 1. The quantitative estimate of drug-likeness (QED) is 0.878. The fraction of sp³-hybridized carbons (Fsp3) is 0.211. The van der Waals surface area contributed by atoms with Gasteiger partial charge in [0.2, 0.25) is 11.8 Å². The molecule has 2 rings (SSSR count). The number of rotatable bonds is 6. The Labute approximate surface area is 146 Å². The number of aromatic nitrogens is 1. The number of nitrogens with zero attached hydrogens (tertiary/aromatic N) is 2. The van der Waals surface area contributed by atoms with Crippen LogP contribution in [0.15, 0.2) is 48.7 Å². The Bertz CT molecular complexity index is 772. The molecule has 2 aromatic rings. The fourth-order valence-electron chi connectivity index (χ4n) is 2.09. The second-order valence-corrected chi connectivity index (χ2v) is 5.68. The Morgan fingerprint density at radius 1 is 1.28 bits per heavy atom. The summed E-state index contributed by atoms with van der Waals surface area (Å²) in [6.07, 6.45) is 5.10. The highest BCUT2D eigenvalue weighted by atomic mass is 19.1. The van der Waals surface area contributed by atoms with E-state index in [0.717, 1.165) is 5.56 Å². The molecule has 0 radical (unpaired) electrons. The van der Waals surface area contributed by atoms with E-state index in [9.17, 15) is 14.0 Å². The van der Waals surface area contributed by atoms with Crippen LogP contribution in [0.1, 0.15) is 17.5 Å². The number of halogens is 1. The maximum atomic E-state index is 13.1. The van der Waals surface area contributed by atoms with Gasteiger partial charge in [-0.3, -0.25) is 9.59 Å². The van der Waals surface area contributed by atoms with Crippen LogP contribution in [0.2, 0.25) is 0 Å². The molecule has 0 saturated heterocycles. The Morgan fingerprint density at radius 2 is 2.08 bits per heavy atom. The van der Waals surface area contributed by atoms with Gasteiger partial charge in [-0.05, 0) is 36.2 Å². The molecule has 1 aromatic heterocycles. The smallest absolute Gasteiger partial charge is 0.245 e. The van der Waals surface area contributed by atoms with Gasteiger partial charge in [-0.1, -0.05) is 30.4 Å². The standard InChI is InChI=1S/C19H20FN3O2/c1-14-9-10-17(21-12-14)22-18(24)13-23(2)19(25)8-4-6-15-5-3-7-16(20)11-15/h3-7,9-12H,8,13H2,1-2H3,(H,21,22,24)/b6-4+. The minimum Gasteiger partial charge on any atom is -0.336 e. The molecule has 0 spiro atoms. The Balaban J connectivity index is 1.81. The average Bonchev–Trinajstić information content (AvgIpc) is 2.57. The molecule has 2 amide bonds. The van der Waals surface area contributed by atoms with Gasteiger partial charge in [0.15, 0.2) is 0 Å². The van der Waals surface area contributed by atoms with E-state index in [2.05, 4.69) is 10.3 Å². The second kappa shape index (κ2) is 8.73. The van der Waals surface area contributed by atoms with Crippen LogP contribution in [-0.4, -0.2) is 35.3 Å². The number of carbonyl (C=O) groups is 2. The van der Waals surface area contributed by atoms with Crippen molar-refractivity contribution in [2.24, 2.45) is 0 Å². The van der Waals surface area contributed by atoms with Gasteiger partial charge in [0, 0.05) is 19.7 Å². The predicted octanol–water partition coefficient (Wildman–Crippen LogP) is 3.03. The van der Waals surface area contributed by atoms with E-state index < -0.39 is 0 Å². The highest BCUT2D eigenvalue weighted by molar-refractivity contribution is 5.93. The first-order valence-corrected chi connectivity index (χ1v) is 7.82. The molecule has 0 unspecified atom stereocenters. The van der Waals surface area contributed by atoms with E-state index in [1.54, 1.807) is 43.6 Å². The lowest BCUT2D eigenvalue weighted by Crippen LogP contribution is -2.34. The summed E-state index contributed by atoms with van der Waals surface area (Å²) in [5.74, 6) is -0.407. The van der Waals surface area contributed by atoms with Crippen molar-refractivity contribution in [2.45, 2.75) is 13.3 Å². The Hall–Kier alpha value is -3.02. The van der Waals surface area contributed by atoms with Gasteiger partial charge in [0.05, 0.1) is 6.54 Å². The lowest BCUT2D eigenvalue weighted by molar-refractivity contribution is -0.132. The number of amides is 2. The Kier molecular flexibility index (Phi) is 6.39. The normalized spacial score (nSPS) is 10.7. The van der Waals surface area contributed by atoms with Gasteiger partial charge < -0.3 is 10.2 Å². The van der Waals surface area contributed by atoms with Gasteiger partial charge >= 0.3 is 0 Å². The highest BCUT2D eigenvalue weighted by Gasteiger charge is 2.12. The highest BCUT2D eigenvalue weighted by Crippen LogP contribution is 2.07. The number of likely N-dealkylation sites (N-methyl/N-ethyl adjacent to an activating group) is 1. The summed E-state index contributed by atoms with van der Waals surface area (Å²) >= 11 is 0. The van der Waals surface area contributed by atoms with Gasteiger partial charge in [-0.15, -0.1) is 0 Å². The molecule has 25 heavy (non-hydrogen) atoms. The van der Waals surface area contributed by atoms with Crippen molar-refractivity contribution in [3.63, 3.8) is 0 Å². The van der Waals surface area contributed by atoms with Crippen LogP contribution in [0.25, 0.3) is 6.08 Å². The van der Waals surface area contributed by atoms with Crippen molar-refractivity contribution in [3.8, 4) is 0 Å². The summed E-state index contributed by atoms with van der Waals surface area (Å²) < 4.78 is 13.1. The zero-order valence-electron chi connectivity index (χ0n) is 14.2. The molecule has 0 aliphatic carbocycles. The van der Waals surface area contributed by atoms with Crippen molar-refractivity contribution in [2.75, 3.05) is 18.9 Å². The average molecular weight is 341 g/mol. The lowest BCUT2D eigenvalue weighted by atomic mass is 10.2. The molecular weight excluding hydrogens is 321 g/mol. The molecule has 130 valence electrons. The van der Waals surface area contributed by atoms with Crippen LogP contribution >= 0.6 is 0 Å². The molecule has 0 bridgehead atoms. The molecular formula is C19H20FN3O2. The molecule has 0 atom stereocenters. The molecule has 1 N–H and O–H groups in total. The van der Waals surface area contributed by atoms with Gasteiger partial charge in [-0.25, -0.2) is 9.37 Å². The lowest BCUT2D eigenvalue weighted by Gasteiger charge is -2.15. The zero-order chi connectivity index (χ0) is 18.2. The van der Waals surface area contributed by atoms with Crippen LogP contribution in [-0.2, 0) is 9.59 Å². The van der Waals surface area contributed by atoms with Gasteiger partial charge in [-0.2, -0.15) is 0 Å². The molecule has 1 aromatic carbocycles. The molecule has 0 saturated carbocycles. The number of nitrogens with one attached hydrogen (secondary N) is 1. The first kappa shape index (κ1) is 18.3. The van der Waals surface area contributed by atoms with E-state index in [4.69, 9.17) is 0 Å². The number of hydrogen-bond donors (Lipinski definition) is 1. The van der Waals surface area contributed by atoms with E-state index in [1.165, 1.54) is 17.0 Å². The molecule has 1 heterocycles. The summed E-state index contributed by atoms with van der Waals surface area (Å²) in [5, 5.41) is 2.64. The topological polar surface area (TPSA) is 62.3 Å². The third-order valence-corrected chi connectivity index (χ3v) is 3.44. The van der Waals surface area contributed by atoms with Crippen molar-refractivity contribution >= 4 is 23.7 Å². The third-order valence-electron chi connectivity index (χ3n) is 3.44. The molecule has 5 nitrogen and oxygen atoms in total. The third kappa shape index (κ3) is 6.18. The largest absolute Gasteiger partial charge is 0.336 e.